The lowest BCUT2D eigenvalue weighted by atomic mass is 10.2. The van der Waals surface area contributed by atoms with Crippen molar-refractivity contribution in [1.29, 1.82) is 0 Å². The lowest BCUT2D eigenvalue weighted by Crippen LogP contribution is -2.37. The van der Waals surface area contributed by atoms with E-state index in [9.17, 15) is 8.42 Å². The fraction of sp³-hybridized carbons (Fsp3) is 0.353. The van der Waals surface area contributed by atoms with Crippen molar-refractivity contribution in [3.05, 3.63) is 58.3 Å². The lowest BCUT2D eigenvalue weighted by Gasteiger charge is -2.11. The van der Waals surface area contributed by atoms with E-state index in [1.54, 1.807) is 18.4 Å². The zero-order valence-electron chi connectivity index (χ0n) is 14.1. The Bertz CT molecular complexity index is 733. The van der Waals surface area contributed by atoms with Gasteiger partial charge in [0.1, 0.15) is 0 Å². The van der Waals surface area contributed by atoms with Crippen LogP contribution >= 0.6 is 35.3 Å². The Morgan fingerprint density at radius 1 is 1.12 bits per heavy atom. The van der Waals surface area contributed by atoms with Crippen molar-refractivity contribution in [2.45, 2.75) is 18.7 Å². The monoisotopic (exact) mass is 493 g/mol. The van der Waals surface area contributed by atoms with E-state index in [-0.39, 0.29) is 35.5 Å². The number of nitrogens with one attached hydrogen (secondary N) is 2. The van der Waals surface area contributed by atoms with Crippen LogP contribution in [0.2, 0.25) is 0 Å². The Morgan fingerprint density at radius 2 is 1.88 bits per heavy atom. The normalized spacial score (nSPS) is 11.6. The van der Waals surface area contributed by atoms with Gasteiger partial charge < -0.3 is 10.6 Å². The van der Waals surface area contributed by atoms with Gasteiger partial charge in [-0.05, 0) is 34.4 Å². The van der Waals surface area contributed by atoms with Crippen LogP contribution in [0.25, 0.3) is 0 Å². The maximum absolute atomic E-state index is 12.1. The molecule has 0 aliphatic heterocycles. The molecule has 25 heavy (non-hydrogen) atoms. The fourth-order valence-electron chi connectivity index (χ4n) is 2.20. The van der Waals surface area contributed by atoms with Crippen LogP contribution in [0.1, 0.15) is 17.5 Å². The molecule has 0 bridgehead atoms. The Kier molecular flexibility index (Phi) is 10.1. The van der Waals surface area contributed by atoms with Gasteiger partial charge in [-0.2, -0.15) is 11.3 Å². The molecule has 2 rings (SSSR count). The second kappa shape index (κ2) is 11.5. The van der Waals surface area contributed by atoms with E-state index in [1.165, 1.54) is 5.56 Å². The van der Waals surface area contributed by atoms with Crippen molar-refractivity contribution in [1.82, 2.24) is 10.6 Å². The molecule has 0 saturated heterocycles. The first kappa shape index (κ1) is 21.9. The summed E-state index contributed by atoms with van der Waals surface area (Å²) in [7, 11) is -1.38. The summed E-state index contributed by atoms with van der Waals surface area (Å²) in [5.41, 5.74) is 2.03. The summed E-state index contributed by atoms with van der Waals surface area (Å²) < 4.78 is 24.2. The molecular weight excluding hydrogens is 469 g/mol. The summed E-state index contributed by atoms with van der Waals surface area (Å²) in [6, 6.07) is 11.3. The molecule has 0 radical (unpaired) electrons. The maximum Gasteiger partial charge on any atom is 0.191 e. The van der Waals surface area contributed by atoms with Gasteiger partial charge in [0, 0.05) is 20.1 Å². The third-order valence-corrected chi connectivity index (χ3v) is 5.83. The average Bonchev–Trinajstić information content (AvgIpc) is 3.08. The Hall–Kier alpha value is -1.13. The van der Waals surface area contributed by atoms with Crippen molar-refractivity contribution in [2.24, 2.45) is 4.99 Å². The Balaban J connectivity index is 0.00000312. The van der Waals surface area contributed by atoms with Crippen LogP contribution in [-0.4, -0.2) is 33.7 Å². The zero-order valence-corrected chi connectivity index (χ0v) is 18.1. The molecule has 0 amide bonds. The molecule has 8 heteroatoms. The van der Waals surface area contributed by atoms with Gasteiger partial charge in [-0.15, -0.1) is 24.0 Å². The van der Waals surface area contributed by atoms with Gasteiger partial charge in [0.15, 0.2) is 15.8 Å². The summed E-state index contributed by atoms with van der Waals surface area (Å²) in [4.78, 5) is 4.14. The highest BCUT2D eigenvalue weighted by atomic mass is 127. The fourth-order valence-corrected chi connectivity index (χ4v) is 4.30. The van der Waals surface area contributed by atoms with E-state index in [2.05, 4.69) is 27.1 Å². The number of hydrogen-bond donors (Lipinski definition) is 2. The van der Waals surface area contributed by atoms with Crippen LogP contribution < -0.4 is 10.6 Å². The highest BCUT2D eigenvalue weighted by Crippen LogP contribution is 2.07. The quantitative estimate of drug-likeness (QED) is 0.257. The minimum Gasteiger partial charge on any atom is -0.356 e. The number of nitrogens with zero attached hydrogens (tertiary/aromatic N) is 1. The Labute approximate surface area is 170 Å². The molecule has 1 heterocycles. The van der Waals surface area contributed by atoms with E-state index < -0.39 is 9.84 Å². The average molecular weight is 493 g/mol. The summed E-state index contributed by atoms with van der Waals surface area (Å²) in [6.07, 6.45) is 0.550. The smallest absolute Gasteiger partial charge is 0.191 e. The third kappa shape index (κ3) is 8.68. The van der Waals surface area contributed by atoms with Crippen LogP contribution in [0.4, 0.5) is 0 Å². The van der Waals surface area contributed by atoms with E-state index in [1.807, 2.05) is 35.7 Å². The summed E-state index contributed by atoms with van der Waals surface area (Å²) in [5, 5.41) is 10.5. The minimum atomic E-state index is -3.09. The molecule has 0 unspecified atom stereocenters. The van der Waals surface area contributed by atoms with Gasteiger partial charge >= 0.3 is 0 Å². The number of rotatable bonds is 8. The van der Waals surface area contributed by atoms with E-state index >= 15 is 0 Å². The summed E-state index contributed by atoms with van der Waals surface area (Å²) >= 11 is 1.66. The van der Waals surface area contributed by atoms with Crippen molar-refractivity contribution >= 4 is 51.1 Å². The number of benzene rings is 1. The van der Waals surface area contributed by atoms with Crippen LogP contribution in [-0.2, 0) is 22.1 Å². The first-order valence-corrected chi connectivity index (χ1v) is 10.6. The van der Waals surface area contributed by atoms with E-state index in [0.29, 0.717) is 25.5 Å². The van der Waals surface area contributed by atoms with Gasteiger partial charge in [0.2, 0.25) is 0 Å². The van der Waals surface area contributed by atoms with Crippen LogP contribution in [0.5, 0.6) is 0 Å². The minimum absolute atomic E-state index is 0. The molecular formula is C17H24IN3O2S2. The maximum atomic E-state index is 12.1. The third-order valence-electron chi connectivity index (χ3n) is 3.42. The lowest BCUT2D eigenvalue weighted by molar-refractivity contribution is 0.591. The van der Waals surface area contributed by atoms with Crippen molar-refractivity contribution in [3.8, 4) is 0 Å². The van der Waals surface area contributed by atoms with Gasteiger partial charge in [0.25, 0.3) is 0 Å². The predicted octanol–water partition coefficient (Wildman–Crippen LogP) is 3.04. The Morgan fingerprint density at radius 3 is 2.52 bits per heavy atom. The number of guanidine groups is 1. The largest absolute Gasteiger partial charge is 0.356 e. The molecule has 0 saturated carbocycles. The van der Waals surface area contributed by atoms with Gasteiger partial charge in [0.05, 0.1) is 11.5 Å². The van der Waals surface area contributed by atoms with Crippen LogP contribution in [0, 0.1) is 0 Å². The van der Waals surface area contributed by atoms with Gasteiger partial charge in [-0.1, -0.05) is 30.3 Å². The number of aliphatic imine (C=N–C) groups is 1. The second-order valence-corrected chi connectivity index (χ2v) is 8.38. The molecule has 1 aromatic heterocycles. The second-order valence-electron chi connectivity index (χ2n) is 5.42. The molecule has 1 aromatic carbocycles. The molecule has 0 fully saturated rings. The standard InChI is InChI=1S/C17H23N3O2S2.HI/c1-18-17(20-12-16-8-10-23-13-16)19-9-5-11-24(21,22)14-15-6-3-2-4-7-15;/h2-4,6-8,10,13H,5,9,11-12,14H2,1H3,(H2,18,19,20);1H. The predicted molar refractivity (Wildman–Crippen MR) is 116 cm³/mol. The number of sulfone groups is 1. The van der Waals surface area contributed by atoms with Gasteiger partial charge in [-0.25, -0.2) is 8.42 Å². The number of thiophene rings is 1. The van der Waals surface area contributed by atoms with E-state index in [0.717, 1.165) is 5.56 Å². The summed E-state index contributed by atoms with van der Waals surface area (Å²) in [6.45, 7) is 1.27. The molecule has 0 atom stereocenters. The van der Waals surface area contributed by atoms with Crippen molar-refractivity contribution in [2.75, 3.05) is 19.3 Å². The van der Waals surface area contributed by atoms with Crippen molar-refractivity contribution in [3.63, 3.8) is 0 Å². The number of halogens is 1. The summed E-state index contributed by atoms with van der Waals surface area (Å²) in [5.74, 6) is 0.941. The molecule has 0 aliphatic rings. The molecule has 5 nitrogen and oxygen atoms in total. The van der Waals surface area contributed by atoms with Crippen LogP contribution in [0.15, 0.2) is 52.2 Å². The highest BCUT2D eigenvalue weighted by Gasteiger charge is 2.11. The molecule has 2 N–H and O–H groups in total. The van der Waals surface area contributed by atoms with E-state index in [4.69, 9.17) is 0 Å². The molecule has 138 valence electrons. The SMILES string of the molecule is CN=C(NCCCS(=O)(=O)Cc1ccccc1)NCc1ccsc1.I. The van der Waals surface area contributed by atoms with Crippen LogP contribution in [0.3, 0.4) is 0 Å². The molecule has 2 aromatic rings. The molecule has 0 spiro atoms. The first-order chi connectivity index (χ1) is 11.6. The topological polar surface area (TPSA) is 70.6 Å². The highest BCUT2D eigenvalue weighted by molar-refractivity contribution is 14.0. The zero-order chi connectivity index (χ0) is 17.3. The first-order valence-electron chi connectivity index (χ1n) is 7.79. The van der Waals surface area contributed by atoms with Crippen molar-refractivity contribution < 1.29 is 8.42 Å². The van der Waals surface area contributed by atoms with Gasteiger partial charge in [-0.3, -0.25) is 4.99 Å². The number of hydrogen-bond acceptors (Lipinski definition) is 4. The molecule has 0 aliphatic carbocycles.